The molecule has 0 aromatic heterocycles. The van der Waals surface area contributed by atoms with E-state index < -0.39 is 18.5 Å². The van der Waals surface area contributed by atoms with E-state index in [1.165, 1.54) is 0 Å². The van der Waals surface area contributed by atoms with Gasteiger partial charge in [0.15, 0.2) is 0 Å². The van der Waals surface area contributed by atoms with E-state index in [0.29, 0.717) is 0 Å². The van der Waals surface area contributed by atoms with E-state index in [9.17, 15) is 9.90 Å². The van der Waals surface area contributed by atoms with Gasteiger partial charge in [-0.05, 0) is 0 Å². The van der Waals surface area contributed by atoms with Gasteiger partial charge in [-0.25, -0.2) is 0 Å². The van der Waals surface area contributed by atoms with Crippen LogP contribution in [0.15, 0.2) is 0 Å². The minimum absolute atomic E-state index is 0. The number of hydrogen-bond acceptors (Lipinski definition) is 4. The molecule has 1 atom stereocenters. The van der Waals surface area contributed by atoms with Crippen LogP contribution < -0.4 is 56.5 Å². The fourth-order valence-corrected chi connectivity index (χ4v) is 0.370. The molecule has 1 N–H and O–H groups in total. The summed E-state index contributed by atoms with van der Waals surface area (Å²) in [5.41, 5.74) is 0. The minimum atomic E-state index is -1.34. The van der Waals surface area contributed by atoms with Gasteiger partial charge in [0.25, 0.3) is 0 Å². The molecule has 0 saturated carbocycles. The molecule has 0 aromatic carbocycles. The van der Waals surface area contributed by atoms with Gasteiger partial charge in [0.1, 0.15) is 0 Å². The summed E-state index contributed by atoms with van der Waals surface area (Å²) in [6, 6.07) is 1.63. The summed E-state index contributed by atoms with van der Waals surface area (Å²) in [6.07, 6.45) is -1.71. The van der Waals surface area contributed by atoms with Gasteiger partial charge < -0.3 is 15.0 Å². The predicted molar refractivity (Wildman–Crippen MR) is 25.9 cm³/mol. The first kappa shape index (κ1) is 13.2. The molecule has 0 aliphatic carbocycles. The number of rotatable bonds is 3. The third-order valence-corrected chi connectivity index (χ3v) is 0.729. The van der Waals surface area contributed by atoms with Crippen molar-refractivity contribution in [1.82, 2.24) is 0 Å². The number of carbonyl (C=O) groups is 1. The van der Waals surface area contributed by atoms with Crippen molar-refractivity contribution >= 4 is 5.97 Å². The van der Waals surface area contributed by atoms with E-state index in [4.69, 9.17) is 10.4 Å². The summed E-state index contributed by atoms with van der Waals surface area (Å²) >= 11 is 0. The quantitative estimate of drug-likeness (QED) is 0.429. The van der Waals surface area contributed by atoms with Gasteiger partial charge >= 0.3 is 51.4 Å². The Morgan fingerprint density at radius 3 is 2.60 bits per heavy atom. The molecule has 10 heavy (non-hydrogen) atoms. The van der Waals surface area contributed by atoms with Crippen LogP contribution in [0.2, 0.25) is 0 Å². The van der Waals surface area contributed by atoms with Crippen molar-refractivity contribution in [3.05, 3.63) is 0 Å². The fraction of sp³-hybridized carbons (Fsp3) is 0.600. The normalized spacial score (nSPS) is 10.8. The maximum atomic E-state index is 9.70. The molecule has 4 nitrogen and oxygen atoms in total. The first-order valence-electron chi connectivity index (χ1n) is 2.41. The van der Waals surface area contributed by atoms with Gasteiger partial charge in [0.2, 0.25) is 0 Å². The maximum Gasteiger partial charge on any atom is 1.00 e. The number of hydrogen-bond donors (Lipinski definition) is 1. The van der Waals surface area contributed by atoms with Crippen LogP contribution in [-0.2, 0) is 4.79 Å². The molecular formula is C5H6KNO3. The molecule has 0 bridgehead atoms. The average Bonchev–Trinajstić information content (AvgIpc) is 1.63. The number of carboxylic acids is 1. The van der Waals surface area contributed by atoms with Gasteiger partial charge in [-0.3, -0.25) is 0 Å². The van der Waals surface area contributed by atoms with Gasteiger partial charge in [-0.15, -0.1) is 0 Å². The van der Waals surface area contributed by atoms with Crippen LogP contribution in [0.3, 0.4) is 0 Å². The van der Waals surface area contributed by atoms with Crippen molar-refractivity contribution in [3.8, 4) is 6.07 Å². The number of nitrogens with zero attached hydrogens (tertiary/aromatic N) is 1. The second kappa shape index (κ2) is 7.66. The molecule has 1 unspecified atom stereocenters. The average molecular weight is 167 g/mol. The van der Waals surface area contributed by atoms with Crippen LogP contribution in [0, 0.1) is 11.3 Å². The number of aliphatic hydroxyl groups is 1. The van der Waals surface area contributed by atoms with E-state index in [-0.39, 0.29) is 57.8 Å². The number of aliphatic hydroxyl groups excluding tert-OH is 1. The van der Waals surface area contributed by atoms with Crippen molar-refractivity contribution in [2.45, 2.75) is 18.9 Å². The molecular weight excluding hydrogens is 161 g/mol. The zero-order valence-corrected chi connectivity index (χ0v) is 8.83. The third kappa shape index (κ3) is 8.56. The third-order valence-electron chi connectivity index (χ3n) is 0.729. The zero-order valence-electron chi connectivity index (χ0n) is 5.70. The Labute approximate surface area is 101 Å². The SMILES string of the molecule is N#CCC(O)CC(=O)[O-].[K+]. The van der Waals surface area contributed by atoms with Crippen molar-refractivity contribution in [3.63, 3.8) is 0 Å². The minimum Gasteiger partial charge on any atom is -0.550 e. The van der Waals surface area contributed by atoms with Crippen molar-refractivity contribution in [1.29, 1.82) is 5.26 Å². The molecule has 0 rings (SSSR count). The molecule has 0 saturated heterocycles. The number of aliphatic carboxylic acids is 1. The van der Waals surface area contributed by atoms with E-state index >= 15 is 0 Å². The van der Waals surface area contributed by atoms with Crippen LogP contribution in [-0.4, -0.2) is 17.2 Å². The Morgan fingerprint density at radius 1 is 1.80 bits per heavy atom. The Kier molecular flexibility index (Phi) is 10.1. The molecule has 50 valence electrons. The van der Waals surface area contributed by atoms with Crippen LogP contribution in [0.1, 0.15) is 12.8 Å². The number of nitriles is 1. The van der Waals surface area contributed by atoms with E-state index in [1.54, 1.807) is 6.07 Å². The molecule has 0 aromatic rings. The standard InChI is InChI=1S/C5H7NO3.K/c6-2-1-4(7)3-5(8)9;/h4,7H,1,3H2,(H,8,9);/q;+1/p-1. The predicted octanol–water partition coefficient (Wildman–Crippen LogP) is -4.60. The molecule has 0 amide bonds. The van der Waals surface area contributed by atoms with Gasteiger partial charge in [0.05, 0.1) is 18.6 Å². The Hall–Kier alpha value is 0.556. The number of carboxylic acid groups (broad SMARTS) is 1. The molecule has 0 fully saturated rings. The second-order valence-electron chi connectivity index (χ2n) is 1.59. The largest absolute Gasteiger partial charge is 1.00 e. The Balaban J connectivity index is 0. The first-order valence-corrected chi connectivity index (χ1v) is 2.41. The van der Waals surface area contributed by atoms with Crippen LogP contribution in [0.4, 0.5) is 0 Å². The van der Waals surface area contributed by atoms with E-state index in [1.807, 2.05) is 0 Å². The summed E-state index contributed by atoms with van der Waals surface area (Å²) in [7, 11) is 0. The number of carbonyl (C=O) groups excluding carboxylic acids is 1. The smallest absolute Gasteiger partial charge is 0.550 e. The van der Waals surface area contributed by atoms with Crippen LogP contribution in [0.25, 0.3) is 0 Å². The van der Waals surface area contributed by atoms with Crippen molar-refractivity contribution < 1.29 is 66.4 Å². The molecule has 0 aliphatic heterocycles. The Morgan fingerprint density at radius 2 is 2.30 bits per heavy atom. The van der Waals surface area contributed by atoms with Crippen molar-refractivity contribution in [2.75, 3.05) is 0 Å². The summed E-state index contributed by atoms with van der Waals surface area (Å²) in [4.78, 5) is 9.70. The topological polar surface area (TPSA) is 84.1 Å². The first-order chi connectivity index (χ1) is 4.16. The van der Waals surface area contributed by atoms with E-state index in [0.717, 1.165) is 0 Å². The summed E-state index contributed by atoms with van der Waals surface area (Å²) in [5.74, 6) is -1.34. The second-order valence-corrected chi connectivity index (χ2v) is 1.59. The molecule has 0 heterocycles. The van der Waals surface area contributed by atoms with Crippen molar-refractivity contribution in [2.24, 2.45) is 0 Å². The summed E-state index contributed by atoms with van der Waals surface area (Å²) in [5, 5.41) is 26.2. The zero-order chi connectivity index (χ0) is 7.28. The van der Waals surface area contributed by atoms with Gasteiger partial charge in [-0.2, -0.15) is 5.26 Å². The molecule has 0 aliphatic rings. The molecule has 0 radical (unpaired) electrons. The molecule has 0 spiro atoms. The molecule has 5 heteroatoms. The van der Waals surface area contributed by atoms with Crippen LogP contribution in [0.5, 0.6) is 0 Å². The summed E-state index contributed by atoms with van der Waals surface area (Å²) in [6.45, 7) is 0. The van der Waals surface area contributed by atoms with Crippen LogP contribution >= 0.6 is 0 Å². The van der Waals surface area contributed by atoms with Gasteiger partial charge in [0, 0.05) is 12.4 Å². The fourth-order valence-electron chi connectivity index (χ4n) is 0.370. The summed E-state index contributed by atoms with van der Waals surface area (Å²) < 4.78 is 0. The maximum absolute atomic E-state index is 9.70. The monoisotopic (exact) mass is 167 g/mol. The Bertz CT molecular complexity index is 142. The van der Waals surface area contributed by atoms with E-state index in [2.05, 4.69) is 0 Å². The van der Waals surface area contributed by atoms with Gasteiger partial charge in [-0.1, -0.05) is 0 Å².